The third kappa shape index (κ3) is 2.91. The van der Waals surface area contributed by atoms with Gasteiger partial charge in [-0.25, -0.2) is 4.98 Å². The second-order valence-electron chi connectivity index (χ2n) is 3.65. The lowest BCUT2D eigenvalue weighted by Crippen LogP contribution is -2.22. The largest absolute Gasteiger partial charge is 0.334 e. The molecule has 0 saturated carbocycles. The highest BCUT2D eigenvalue weighted by atomic mass is 35.5. The van der Waals surface area contributed by atoms with E-state index in [9.17, 15) is 14.9 Å². The second kappa shape index (κ2) is 5.38. The summed E-state index contributed by atoms with van der Waals surface area (Å²) in [6.45, 7) is 0.0138. The van der Waals surface area contributed by atoms with Crippen molar-refractivity contribution in [3.8, 4) is 0 Å². The summed E-state index contributed by atoms with van der Waals surface area (Å²) in [5.74, 6) is 0. The summed E-state index contributed by atoms with van der Waals surface area (Å²) in [5, 5.41) is 11.2. The highest BCUT2D eigenvalue weighted by Crippen LogP contribution is 2.17. The van der Waals surface area contributed by atoms with E-state index in [0.717, 1.165) is 10.6 Å². The van der Waals surface area contributed by atoms with Crippen LogP contribution in [0.3, 0.4) is 0 Å². The molecule has 0 spiro atoms. The van der Waals surface area contributed by atoms with Crippen LogP contribution in [0, 0.1) is 10.1 Å². The quantitative estimate of drug-likeness (QED) is 0.495. The molecular weight excluding hydrogens is 293 g/mol. The van der Waals surface area contributed by atoms with Crippen LogP contribution in [0.2, 0.25) is 10.2 Å². The summed E-state index contributed by atoms with van der Waals surface area (Å²) < 4.78 is 1.16. The molecule has 98 valence electrons. The molecule has 0 unspecified atom stereocenters. The van der Waals surface area contributed by atoms with Crippen molar-refractivity contribution in [2.24, 2.45) is 0 Å². The van der Waals surface area contributed by atoms with Gasteiger partial charge < -0.3 is 4.57 Å². The molecule has 19 heavy (non-hydrogen) atoms. The monoisotopic (exact) mass is 299 g/mol. The number of aromatic nitrogens is 2. The summed E-state index contributed by atoms with van der Waals surface area (Å²) in [6, 6.07) is 5.63. The molecule has 0 saturated heterocycles. The number of nitro groups is 1. The molecular formula is C11H7Cl2N3O3. The van der Waals surface area contributed by atoms with Crippen molar-refractivity contribution in [2.75, 3.05) is 0 Å². The number of hydrogen-bond acceptors (Lipinski definition) is 4. The van der Waals surface area contributed by atoms with Gasteiger partial charge in [-0.3, -0.25) is 14.9 Å². The van der Waals surface area contributed by atoms with Gasteiger partial charge in [0.15, 0.2) is 0 Å². The predicted molar refractivity (Wildman–Crippen MR) is 70.7 cm³/mol. The summed E-state index contributed by atoms with van der Waals surface area (Å²) in [7, 11) is 0. The Bertz CT molecular complexity index is 700. The predicted octanol–water partition coefficient (Wildman–Crippen LogP) is 2.51. The Kier molecular flexibility index (Phi) is 3.82. The highest BCUT2D eigenvalue weighted by molar-refractivity contribution is 6.32. The first-order chi connectivity index (χ1) is 8.99. The van der Waals surface area contributed by atoms with Crippen molar-refractivity contribution < 1.29 is 4.92 Å². The van der Waals surface area contributed by atoms with Crippen LogP contribution in [-0.4, -0.2) is 14.5 Å². The molecule has 2 heterocycles. The van der Waals surface area contributed by atoms with E-state index in [0.29, 0.717) is 10.7 Å². The molecule has 2 aromatic heterocycles. The van der Waals surface area contributed by atoms with Gasteiger partial charge >= 0.3 is 11.2 Å². The molecule has 2 rings (SSSR count). The second-order valence-corrected chi connectivity index (χ2v) is 4.44. The summed E-state index contributed by atoms with van der Waals surface area (Å²) in [6.07, 6.45) is 1.42. The molecule has 0 atom stereocenters. The smallest absolute Gasteiger partial charge is 0.304 e. The number of hydrogen-bond donors (Lipinski definition) is 0. The van der Waals surface area contributed by atoms with E-state index in [-0.39, 0.29) is 11.7 Å². The van der Waals surface area contributed by atoms with Gasteiger partial charge in [-0.05, 0) is 18.2 Å². The lowest BCUT2D eigenvalue weighted by atomic mass is 10.3. The van der Waals surface area contributed by atoms with Crippen molar-refractivity contribution in [2.45, 2.75) is 6.54 Å². The van der Waals surface area contributed by atoms with E-state index in [1.807, 2.05) is 0 Å². The average Bonchev–Trinajstić information content (AvgIpc) is 2.36. The number of rotatable bonds is 3. The topological polar surface area (TPSA) is 78.0 Å². The lowest BCUT2D eigenvalue weighted by Gasteiger charge is -2.06. The Labute approximate surface area is 117 Å². The molecule has 0 aliphatic carbocycles. The molecule has 8 heteroatoms. The van der Waals surface area contributed by atoms with Gasteiger partial charge in [0, 0.05) is 12.3 Å². The van der Waals surface area contributed by atoms with Crippen LogP contribution in [0.25, 0.3) is 0 Å². The van der Waals surface area contributed by atoms with E-state index < -0.39 is 16.2 Å². The Morgan fingerprint density at radius 2 is 2.05 bits per heavy atom. The fraction of sp³-hybridized carbons (Fsp3) is 0.0909. The normalized spacial score (nSPS) is 10.4. The fourth-order valence-corrected chi connectivity index (χ4v) is 1.85. The fourth-order valence-electron chi connectivity index (χ4n) is 1.52. The first-order valence-corrected chi connectivity index (χ1v) is 5.89. The van der Waals surface area contributed by atoms with Crippen LogP contribution in [0.5, 0.6) is 0 Å². The third-order valence-electron chi connectivity index (χ3n) is 2.40. The first kappa shape index (κ1) is 13.5. The minimum Gasteiger partial charge on any atom is -0.304 e. The van der Waals surface area contributed by atoms with Crippen molar-refractivity contribution in [3.63, 3.8) is 0 Å². The van der Waals surface area contributed by atoms with E-state index in [1.54, 1.807) is 6.07 Å². The van der Waals surface area contributed by atoms with Crippen molar-refractivity contribution in [1.29, 1.82) is 0 Å². The van der Waals surface area contributed by atoms with E-state index >= 15 is 0 Å². The SMILES string of the molecule is O=c1c([N+](=O)[O-])cccn1Cc1nc(Cl)ccc1Cl. The zero-order chi connectivity index (χ0) is 14.0. The Balaban J connectivity index is 2.44. The van der Waals surface area contributed by atoms with Crippen LogP contribution in [0.4, 0.5) is 5.69 Å². The third-order valence-corrected chi connectivity index (χ3v) is 2.96. The van der Waals surface area contributed by atoms with Gasteiger partial charge in [0.1, 0.15) is 5.15 Å². The van der Waals surface area contributed by atoms with E-state index in [4.69, 9.17) is 23.2 Å². The lowest BCUT2D eigenvalue weighted by molar-refractivity contribution is -0.386. The molecule has 0 N–H and O–H groups in total. The molecule has 0 radical (unpaired) electrons. The molecule has 2 aromatic rings. The number of halogens is 2. The summed E-state index contributed by atoms with van der Waals surface area (Å²) in [5.41, 5.74) is -0.845. The van der Waals surface area contributed by atoms with Crippen LogP contribution in [-0.2, 0) is 6.54 Å². The van der Waals surface area contributed by atoms with Gasteiger partial charge in [0.2, 0.25) is 0 Å². The van der Waals surface area contributed by atoms with Gasteiger partial charge in [-0.2, -0.15) is 0 Å². The average molecular weight is 300 g/mol. The summed E-state index contributed by atoms with van der Waals surface area (Å²) in [4.78, 5) is 25.8. The van der Waals surface area contributed by atoms with Crippen molar-refractivity contribution in [1.82, 2.24) is 9.55 Å². The standard InChI is InChI=1S/C11H7Cl2N3O3/c12-7-3-4-10(13)14-8(7)6-15-5-1-2-9(11(15)17)16(18)19/h1-5H,6H2. The Morgan fingerprint density at radius 1 is 1.32 bits per heavy atom. The molecule has 6 nitrogen and oxygen atoms in total. The van der Waals surface area contributed by atoms with Crippen molar-refractivity contribution >= 4 is 28.9 Å². The summed E-state index contributed by atoms with van der Waals surface area (Å²) >= 11 is 11.7. The maximum atomic E-state index is 11.8. The molecule has 0 aliphatic heterocycles. The Hall–Kier alpha value is -1.92. The maximum Gasteiger partial charge on any atom is 0.334 e. The van der Waals surface area contributed by atoms with Crippen LogP contribution in [0.1, 0.15) is 5.69 Å². The molecule has 0 amide bonds. The zero-order valence-corrected chi connectivity index (χ0v) is 10.9. The van der Waals surface area contributed by atoms with Gasteiger partial charge in [-0.15, -0.1) is 0 Å². The number of nitrogens with zero attached hydrogens (tertiary/aromatic N) is 3. The first-order valence-electron chi connectivity index (χ1n) is 5.14. The molecule has 0 fully saturated rings. The Morgan fingerprint density at radius 3 is 2.74 bits per heavy atom. The minimum atomic E-state index is -0.730. The van der Waals surface area contributed by atoms with Crippen LogP contribution in [0.15, 0.2) is 35.3 Å². The maximum absolute atomic E-state index is 11.8. The molecule has 0 bridgehead atoms. The van der Waals surface area contributed by atoms with E-state index in [2.05, 4.69) is 4.98 Å². The van der Waals surface area contributed by atoms with Gasteiger partial charge in [0.05, 0.1) is 22.2 Å². The van der Waals surface area contributed by atoms with Crippen molar-refractivity contribution in [3.05, 3.63) is 66.8 Å². The molecule has 0 aliphatic rings. The van der Waals surface area contributed by atoms with Crippen LogP contribution < -0.4 is 5.56 Å². The van der Waals surface area contributed by atoms with E-state index in [1.165, 1.54) is 18.3 Å². The van der Waals surface area contributed by atoms with Crippen LogP contribution >= 0.6 is 23.2 Å². The minimum absolute atomic E-state index is 0.0138. The highest BCUT2D eigenvalue weighted by Gasteiger charge is 2.14. The number of pyridine rings is 2. The molecule has 0 aromatic carbocycles. The van der Waals surface area contributed by atoms with Gasteiger partial charge in [0.25, 0.3) is 0 Å². The van der Waals surface area contributed by atoms with Gasteiger partial charge in [-0.1, -0.05) is 23.2 Å². The zero-order valence-electron chi connectivity index (χ0n) is 9.42.